The molecule has 23 heavy (non-hydrogen) atoms. The topological polar surface area (TPSA) is 55.4 Å². The summed E-state index contributed by atoms with van der Waals surface area (Å²) < 4.78 is 18.5. The maximum absolute atomic E-state index is 13.6. The molecule has 2 rings (SSSR count). The molecule has 0 atom stereocenters. The molecule has 1 saturated carbocycles. The Morgan fingerprint density at radius 2 is 1.87 bits per heavy atom. The Labute approximate surface area is 144 Å². The third-order valence-electron chi connectivity index (χ3n) is 4.31. The van der Waals surface area contributed by atoms with Gasteiger partial charge in [0.05, 0.1) is 22.7 Å². The molecule has 0 heterocycles. The summed E-state index contributed by atoms with van der Waals surface area (Å²) in [6.07, 6.45) is 2.52. The van der Waals surface area contributed by atoms with Crippen molar-refractivity contribution in [3.8, 4) is 0 Å². The van der Waals surface area contributed by atoms with E-state index in [0.717, 1.165) is 18.9 Å². The smallest absolute Gasteiger partial charge is 0.331 e. The molecule has 0 aromatic heterocycles. The summed E-state index contributed by atoms with van der Waals surface area (Å²) in [5.74, 6) is -1.39. The van der Waals surface area contributed by atoms with Crippen molar-refractivity contribution in [2.24, 2.45) is 5.92 Å². The van der Waals surface area contributed by atoms with Crippen molar-refractivity contribution < 1.29 is 18.7 Å². The second-order valence-corrected chi connectivity index (χ2v) is 6.77. The number of rotatable bonds is 3. The molecule has 0 aliphatic heterocycles. The van der Waals surface area contributed by atoms with E-state index in [4.69, 9.17) is 27.9 Å². The average molecular weight is 362 g/mol. The van der Waals surface area contributed by atoms with Crippen molar-refractivity contribution in [1.29, 1.82) is 0 Å². The monoisotopic (exact) mass is 361 g/mol. The van der Waals surface area contributed by atoms with E-state index >= 15 is 0 Å². The highest BCUT2D eigenvalue weighted by atomic mass is 35.5. The van der Waals surface area contributed by atoms with Crippen molar-refractivity contribution in [2.45, 2.75) is 38.1 Å². The predicted molar refractivity (Wildman–Crippen MR) is 86.3 cm³/mol. The van der Waals surface area contributed by atoms with Crippen LogP contribution >= 0.6 is 23.2 Å². The quantitative estimate of drug-likeness (QED) is 0.654. The van der Waals surface area contributed by atoms with E-state index < -0.39 is 23.2 Å². The first-order chi connectivity index (χ1) is 10.8. The van der Waals surface area contributed by atoms with Crippen LogP contribution in [0.15, 0.2) is 12.1 Å². The zero-order chi connectivity index (χ0) is 17.2. The fourth-order valence-electron chi connectivity index (χ4n) is 2.81. The zero-order valence-corrected chi connectivity index (χ0v) is 14.4. The number of benzene rings is 1. The van der Waals surface area contributed by atoms with Gasteiger partial charge in [-0.15, -0.1) is 0 Å². The van der Waals surface area contributed by atoms with Gasteiger partial charge in [0.15, 0.2) is 0 Å². The Balaban J connectivity index is 2.28. The number of nitrogens with one attached hydrogen (secondary N) is 1. The van der Waals surface area contributed by atoms with E-state index in [1.807, 2.05) is 0 Å². The van der Waals surface area contributed by atoms with Gasteiger partial charge in [0.25, 0.3) is 5.91 Å². The van der Waals surface area contributed by atoms with Gasteiger partial charge in [-0.2, -0.15) is 0 Å². The van der Waals surface area contributed by atoms with Gasteiger partial charge in [-0.05, 0) is 43.7 Å². The Morgan fingerprint density at radius 1 is 1.26 bits per heavy atom. The lowest BCUT2D eigenvalue weighted by Gasteiger charge is -2.37. The number of hydrogen-bond donors (Lipinski definition) is 1. The van der Waals surface area contributed by atoms with Crippen LogP contribution in [0.2, 0.25) is 10.0 Å². The standard InChI is InChI=1S/C16H18Cl2FNO3/c1-9-3-5-16(6-4-9,15(22)23-2)20-14(21)10-7-13(19)12(18)8-11(10)17/h7-9H,3-6H2,1-2H3,(H,20,21). The SMILES string of the molecule is COC(=O)C1(NC(=O)c2cc(F)c(Cl)cc2Cl)CCC(C)CC1. The molecule has 0 unspecified atom stereocenters. The van der Waals surface area contributed by atoms with Crippen LogP contribution in [0.4, 0.5) is 4.39 Å². The number of esters is 1. The summed E-state index contributed by atoms with van der Waals surface area (Å²) >= 11 is 11.6. The number of amides is 1. The number of carbonyl (C=O) groups is 2. The Morgan fingerprint density at radius 3 is 2.43 bits per heavy atom. The van der Waals surface area contributed by atoms with E-state index in [2.05, 4.69) is 12.2 Å². The van der Waals surface area contributed by atoms with Crippen LogP contribution in [0.1, 0.15) is 43.0 Å². The van der Waals surface area contributed by atoms with Gasteiger partial charge in [-0.3, -0.25) is 4.79 Å². The minimum absolute atomic E-state index is 0.0260. The lowest BCUT2D eigenvalue weighted by molar-refractivity contribution is -0.150. The lowest BCUT2D eigenvalue weighted by Crippen LogP contribution is -2.56. The first kappa shape index (κ1) is 18.0. The van der Waals surface area contributed by atoms with Gasteiger partial charge < -0.3 is 10.1 Å². The molecule has 1 aromatic rings. The second-order valence-electron chi connectivity index (χ2n) is 5.96. The Kier molecular flexibility index (Phi) is 5.53. The van der Waals surface area contributed by atoms with Crippen LogP contribution in [0, 0.1) is 11.7 Å². The van der Waals surface area contributed by atoms with Crippen molar-refractivity contribution in [3.05, 3.63) is 33.6 Å². The van der Waals surface area contributed by atoms with Crippen molar-refractivity contribution in [3.63, 3.8) is 0 Å². The summed E-state index contributed by atoms with van der Waals surface area (Å²) in [6, 6.07) is 2.14. The van der Waals surface area contributed by atoms with Crippen molar-refractivity contribution in [2.75, 3.05) is 7.11 Å². The van der Waals surface area contributed by atoms with Gasteiger partial charge in [-0.25, -0.2) is 9.18 Å². The zero-order valence-electron chi connectivity index (χ0n) is 12.9. The maximum Gasteiger partial charge on any atom is 0.331 e. The van der Waals surface area contributed by atoms with Crippen LogP contribution in [0.3, 0.4) is 0 Å². The molecule has 1 amide bonds. The summed E-state index contributed by atoms with van der Waals surface area (Å²) in [5.41, 5.74) is -1.16. The van der Waals surface area contributed by atoms with Crippen LogP contribution in [-0.4, -0.2) is 24.5 Å². The fourth-order valence-corrected chi connectivity index (χ4v) is 3.28. The molecule has 0 bridgehead atoms. The molecule has 1 aromatic carbocycles. The summed E-state index contributed by atoms with van der Waals surface area (Å²) in [5, 5.41) is 2.56. The Hall–Kier alpha value is -1.33. The van der Waals surface area contributed by atoms with E-state index in [9.17, 15) is 14.0 Å². The highest BCUT2D eigenvalue weighted by Gasteiger charge is 2.43. The number of halogens is 3. The van der Waals surface area contributed by atoms with E-state index in [1.54, 1.807) is 0 Å². The molecular weight excluding hydrogens is 344 g/mol. The lowest BCUT2D eigenvalue weighted by atomic mass is 9.77. The molecule has 0 spiro atoms. The van der Waals surface area contributed by atoms with Gasteiger partial charge in [0.2, 0.25) is 0 Å². The molecule has 1 N–H and O–H groups in total. The second kappa shape index (κ2) is 7.05. The van der Waals surface area contributed by atoms with Gasteiger partial charge in [-0.1, -0.05) is 30.1 Å². The minimum Gasteiger partial charge on any atom is -0.467 e. The first-order valence-corrected chi connectivity index (χ1v) is 8.10. The number of methoxy groups -OCH3 is 1. The van der Waals surface area contributed by atoms with Crippen LogP contribution < -0.4 is 5.32 Å². The summed E-state index contributed by atoms with van der Waals surface area (Å²) in [6.45, 7) is 2.09. The molecule has 0 saturated heterocycles. The normalized spacial score (nSPS) is 24.1. The third kappa shape index (κ3) is 3.78. The van der Waals surface area contributed by atoms with E-state index in [0.29, 0.717) is 18.8 Å². The molecule has 126 valence electrons. The van der Waals surface area contributed by atoms with Crippen LogP contribution in [0.25, 0.3) is 0 Å². The molecule has 1 aliphatic rings. The summed E-state index contributed by atoms with van der Waals surface area (Å²) in [7, 11) is 1.28. The maximum atomic E-state index is 13.6. The van der Waals surface area contributed by atoms with Gasteiger partial charge in [0, 0.05) is 0 Å². The number of hydrogen-bond acceptors (Lipinski definition) is 3. The molecule has 7 heteroatoms. The molecule has 1 aliphatic carbocycles. The minimum atomic E-state index is -1.10. The van der Waals surface area contributed by atoms with Crippen LogP contribution in [-0.2, 0) is 9.53 Å². The largest absolute Gasteiger partial charge is 0.467 e. The van der Waals surface area contributed by atoms with E-state index in [-0.39, 0.29) is 15.6 Å². The molecule has 1 fully saturated rings. The van der Waals surface area contributed by atoms with Crippen LogP contribution in [0.5, 0.6) is 0 Å². The van der Waals surface area contributed by atoms with Gasteiger partial charge in [0.1, 0.15) is 11.4 Å². The fraction of sp³-hybridized carbons (Fsp3) is 0.500. The Bertz CT molecular complexity index is 628. The van der Waals surface area contributed by atoms with Crippen molar-refractivity contribution in [1.82, 2.24) is 5.32 Å². The first-order valence-electron chi connectivity index (χ1n) is 7.34. The van der Waals surface area contributed by atoms with E-state index in [1.165, 1.54) is 13.2 Å². The summed E-state index contributed by atoms with van der Waals surface area (Å²) in [4.78, 5) is 24.7. The van der Waals surface area contributed by atoms with Gasteiger partial charge >= 0.3 is 5.97 Å². The molecule has 0 radical (unpaired) electrons. The predicted octanol–water partition coefficient (Wildman–Crippen LogP) is 3.98. The molecule has 4 nitrogen and oxygen atoms in total. The molecular formula is C16H18Cl2FNO3. The highest BCUT2D eigenvalue weighted by molar-refractivity contribution is 6.36. The average Bonchev–Trinajstić information content (AvgIpc) is 2.52. The van der Waals surface area contributed by atoms with Crippen molar-refractivity contribution >= 4 is 35.1 Å². The highest BCUT2D eigenvalue weighted by Crippen LogP contribution is 2.34. The number of carbonyl (C=O) groups excluding carboxylic acids is 2. The number of ether oxygens (including phenoxy) is 1. The third-order valence-corrected chi connectivity index (χ3v) is 4.91.